The van der Waals surface area contributed by atoms with Crippen molar-refractivity contribution in [3.05, 3.63) is 17.9 Å². The average molecular weight is 295 g/mol. The second kappa shape index (κ2) is 3.63. The van der Waals surface area contributed by atoms with Crippen molar-refractivity contribution in [3.63, 3.8) is 0 Å². The Morgan fingerprint density at radius 2 is 1.89 bits per heavy atom. The molecule has 0 bridgehead atoms. The van der Waals surface area contributed by atoms with E-state index in [9.17, 15) is 26.0 Å². The molecule has 1 aromatic rings. The normalized spacial score (nSPS) is 17.6. The molecule has 98 valence electrons. The zero-order chi connectivity index (χ0) is 13.7. The molecule has 0 radical (unpaired) electrons. The van der Waals surface area contributed by atoms with Crippen molar-refractivity contribution in [2.75, 3.05) is 5.32 Å². The molecule has 8 nitrogen and oxygen atoms in total. The number of hydrogen-bond donors (Lipinski definition) is 3. The molecule has 1 heterocycles. The van der Waals surface area contributed by atoms with Gasteiger partial charge in [0, 0.05) is 6.07 Å². The summed E-state index contributed by atoms with van der Waals surface area (Å²) >= 11 is 0. The van der Waals surface area contributed by atoms with Gasteiger partial charge in [0.2, 0.25) is 10.0 Å². The maximum absolute atomic E-state index is 13.4. The zero-order valence-electron chi connectivity index (χ0n) is 8.47. The van der Waals surface area contributed by atoms with E-state index in [0.29, 0.717) is 12.1 Å². The van der Waals surface area contributed by atoms with E-state index in [1.807, 2.05) is 5.32 Å². The van der Waals surface area contributed by atoms with Crippen LogP contribution in [0.3, 0.4) is 0 Å². The number of carbonyl (C=O) groups is 1. The standard InChI is InChI=1S/C7H6FN3O5S2/c8-3-1-4-6(2-5(3)17(9,13)14)18(15,16)11-7(12)10-4/h1-2H,(H2,9,13,14)(H2,10,11,12). The van der Waals surface area contributed by atoms with E-state index in [1.54, 1.807) is 4.72 Å². The van der Waals surface area contributed by atoms with Crippen molar-refractivity contribution in [2.45, 2.75) is 9.79 Å². The highest BCUT2D eigenvalue weighted by Gasteiger charge is 2.31. The predicted molar refractivity (Wildman–Crippen MR) is 57.1 cm³/mol. The number of rotatable bonds is 1. The largest absolute Gasteiger partial charge is 0.333 e. The molecule has 2 rings (SSSR count). The van der Waals surface area contributed by atoms with Crippen molar-refractivity contribution >= 4 is 31.8 Å². The van der Waals surface area contributed by atoms with Gasteiger partial charge in [0.25, 0.3) is 10.0 Å². The van der Waals surface area contributed by atoms with Crippen LogP contribution in [0.15, 0.2) is 21.9 Å². The van der Waals surface area contributed by atoms with Crippen LogP contribution in [-0.2, 0) is 20.0 Å². The number of sulfonamides is 2. The maximum atomic E-state index is 13.4. The molecule has 4 N–H and O–H groups in total. The highest BCUT2D eigenvalue weighted by molar-refractivity contribution is 7.90. The Morgan fingerprint density at radius 1 is 1.28 bits per heavy atom. The van der Waals surface area contributed by atoms with E-state index in [2.05, 4.69) is 0 Å². The molecule has 0 atom stereocenters. The summed E-state index contributed by atoms with van der Waals surface area (Å²) in [6.07, 6.45) is 0. The number of carbonyl (C=O) groups excluding carboxylic acids is 1. The molecule has 1 aliphatic heterocycles. The van der Waals surface area contributed by atoms with Crippen LogP contribution in [0.1, 0.15) is 0 Å². The van der Waals surface area contributed by atoms with E-state index in [4.69, 9.17) is 5.14 Å². The Hall–Kier alpha value is -1.72. The zero-order valence-corrected chi connectivity index (χ0v) is 10.1. The van der Waals surface area contributed by atoms with Gasteiger partial charge < -0.3 is 5.32 Å². The molecule has 2 amide bonds. The molecule has 0 aromatic heterocycles. The lowest BCUT2D eigenvalue weighted by Gasteiger charge is -2.18. The number of amides is 2. The minimum atomic E-state index is -4.41. The lowest BCUT2D eigenvalue weighted by Crippen LogP contribution is -2.39. The Kier molecular flexibility index (Phi) is 2.57. The third-order valence-corrected chi connectivity index (χ3v) is 4.40. The first-order valence-electron chi connectivity index (χ1n) is 4.31. The first-order chi connectivity index (χ1) is 8.11. The van der Waals surface area contributed by atoms with Gasteiger partial charge in [0.15, 0.2) is 0 Å². The summed E-state index contributed by atoms with van der Waals surface area (Å²) in [4.78, 5) is 9.42. The highest BCUT2D eigenvalue weighted by Crippen LogP contribution is 2.29. The SMILES string of the molecule is NS(=O)(=O)c1cc2c(cc1F)NC(=O)NS2(=O)=O. The number of hydrogen-bond acceptors (Lipinski definition) is 5. The van der Waals surface area contributed by atoms with Gasteiger partial charge in [-0.2, -0.15) is 0 Å². The average Bonchev–Trinajstić information content (AvgIpc) is 2.12. The molecule has 0 aliphatic carbocycles. The Morgan fingerprint density at radius 3 is 2.44 bits per heavy atom. The van der Waals surface area contributed by atoms with Gasteiger partial charge in [-0.25, -0.2) is 35.9 Å². The van der Waals surface area contributed by atoms with Crippen molar-refractivity contribution in [2.24, 2.45) is 5.14 Å². The number of urea groups is 1. The lowest BCUT2D eigenvalue weighted by molar-refractivity contribution is 0.256. The second-order valence-electron chi connectivity index (χ2n) is 3.38. The van der Waals surface area contributed by atoms with Crippen LogP contribution in [0.5, 0.6) is 0 Å². The third kappa shape index (κ3) is 2.02. The smallest absolute Gasteiger partial charge is 0.306 e. The van der Waals surface area contributed by atoms with E-state index in [-0.39, 0.29) is 5.69 Å². The molecular weight excluding hydrogens is 289 g/mol. The minimum absolute atomic E-state index is 0.358. The fourth-order valence-corrected chi connectivity index (χ4v) is 3.16. The fraction of sp³-hybridized carbons (Fsp3) is 0. The van der Waals surface area contributed by atoms with Gasteiger partial charge in [-0.3, -0.25) is 0 Å². The van der Waals surface area contributed by atoms with Crippen molar-refractivity contribution in [1.82, 2.24) is 4.72 Å². The number of primary sulfonamides is 1. The van der Waals surface area contributed by atoms with E-state index >= 15 is 0 Å². The summed E-state index contributed by atoms with van der Waals surface area (Å²) in [5.74, 6) is -1.26. The summed E-state index contributed by atoms with van der Waals surface area (Å²) in [5, 5.41) is 6.77. The maximum Gasteiger partial charge on any atom is 0.333 e. The van der Waals surface area contributed by atoms with Crippen LogP contribution in [0.25, 0.3) is 0 Å². The molecule has 1 aliphatic rings. The third-order valence-electron chi connectivity index (χ3n) is 2.11. The molecule has 0 saturated carbocycles. The number of fused-ring (bicyclic) bond motifs is 1. The van der Waals surface area contributed by atoms with E-state index < -0.39 is 41.7 Å². The molecule has 1 aromatic carbocycles. The first kappa shape index (κ1) is 12.7. The van der Waals surface area contributed by atoms with E-state index in [0.717, 1.165) is 0 Å². The molecule has 18 heavy (non-hydrogen) atoms. The van der Waals surface area contributed by atoms with Gasteiger partial charge in [-0.15, -0.1) is 0 Å². The topological polar surface area (TPSA) is 135 Å². The molecule has 0 fully saturated rings. The number of nitrogens with one attached hydrogen (secondary N) is 2. The first-order valence-corrected chi connectivity index (χ1v) is 7.34. The van der Waals surface area contributed by atoms with E-state index in [1.165, 1.54) is 0 Å². The second-order valence-corrected chi connectivity index (χ2v) is 6.56. The predicted octanol–water partition coefficient (Wildman–Crippen LogP) is -0.703. The van der Waals surface area contributed by atoms with Crippen LogP contribution in [-0.4, -0.2) is 22.9 Å². The lowest BCUT2D eigenvalue weighted by atomic mass is 10.3. The Balaban J connectivity index is 2.81. The number of nitrogens with two attached hydrogens (primary N) is 1. The number of benzene rings is 1. The number of anilines is 1. The molecular formula is C7H6FN3O5S2. The highest BCUT2D eigenvalue weighted by atomic mass is 32.2. The van der Waals surface area contributed by atoms with Crippen LogP contribution in [0.4, 0.5) is 14.9 Å². The van der Waals surface area contributed by atoms with Gasteiger partial charge in [-0.05, 0) is 6.07 Å². The Bertz CT molecular complexity index is 756. The summed E-state index contributed by atoms with van der Waals surface area (Å²) < 4.78 is 60.2. The summed E-state index contributed by atoms with van der Waals surface area (Å²) in [6, 6.07) is 0.0536. The van der Waals surface area contributed by atoms with Crippen LogP contribution in [0.2, 0.25) is 0 Å². The van der Waals surface area contributed by atoms with Gasteiger partial charge in [0.1, 0.15) is 15.6 Å². The minimum Gasteiger partial charge on any atom is -0.306 e. The van der Waals surface area contributed by atoms with Gasteiger partial charge >= 0.3 is 6.03 Å². The van der Waals surface area contributed by atoms with Gasteiger partial charge in [0.05, 0.1) is 5.69 Å². The molecule has 0 saturated heterocycles. The molecule has 11 heteroatoms. The van der Waals surface area contributed by atoms with Crippen molar-refractivity contribution in [1.29, 1.82) is 0 Å². The summed E-state index contributed by atoms with van der Waals surface area (Å²) in [7, 11) is -8.65. The number of halogens is 1. The summed E-state index contributed by atoms with van der Waals surface area (Å²) in [5.41, 5.74) is -0.358. The molecule has 0 spiro atoms. The molecule has 0 unspecified atom stereocenters. The van der Waals surface area contributed by atoms with Crippen LogP contribution < -0.4 is 15.2 Å². The van der Waals surface area contributed by atoms with Crippen molar-refractivity contribution < 1.29 is 26.0 Å². The monoisotopic (exact) mass is 295 g/mol. The summed E-state index contributed by atoms with van der Waals surface area (Å²) in [6.45, 7) is 0. The van der Waals surface area contributed by atoms with Gasteiger partial charge in [-0.1, -0.05) is 0 Å². The fourth-order valence-electron chi connectivity index (χ4n) is 1.40. The van der Waals surface area contributed by atoms with Crippen molar-refractivity contribution in [3.8, 4) is 0 Å². The Labute approximate surface area is 101 Å². The quantitative estimate of drug-likeness (QED) is 0.629. The van der Waals surface area contributed by atoms with Crippen LogP contribution >= 0.6 is 0 Å². The van der Waals surface area contributed by atoms with Crippen LogP contribution in [0, 0.1) is 5.82 Å².